The first-order valence-electron chi connectivity index (χ1n) is 8.86. The SMILES string of the molecule is O=C(O)c1cn(CC(=O)N2CCCN(C(=O)Cc3cccc(F)c3)CC2)nn1. The quantitative estimate of drug-likeness (QED) is 0.794. The van der Waals surface area contributed by atoms with E-state index in [0.717, 1.165) is 0 Å². The summed E-state index contributed by atoms with van der Waals surface area (Å²) in [6.45, 7) is 1.65. The van der Waals surface area contributed by atoms with Crippen LogP contribution in [0.25, 0.3) is 0 Å². The van der Waals surface area contributed by atoms with Gasteiger partial charge in [0.2, 0.25) is 11.8 Å². The van der Waals surface area contributed by atoms with Crippen molar-refractivity contribution in [2.24, 2.45) is 0 Å². The molecule has 28 heavy (non-hydrogen) atoms. The largest absolute Gasteiger partial charge is 0.476 e. The van der Waals surface area contributed by atoms with Crippen LogP contribution in [-0.2, 0) is 22.6 Å². The van der Waals surface area contributed by atoms with Gasteiger partial charge < -0.3 is 14.9 Å². The number of benzene rings is 1. The van der Waals surface area contributed by atoms with E-state index in [1.54, 1.807) is 21.9 Å². The molecule has 1 aromatic carbocycles. The second-order valence-electron chi connectivity index (χ2n) is 6.53. The van der Waals surface area contributed by atoms with E-state index in [0.29, 0.717) is 38.2 Å². The summed E-state index contributed by atoms with van der Waals surface area (Å²) in [4.78, 5) is 39.1. The van der Waals surface area contributed by atoms with E-state index in [1.165, 1.54) is 23.0 Å². The van der Waals surface area contributed by atoms with E-state index in [4.69, 9.17) is 5.11 Å². The van der Waals surface area contributed by atoms with Crippen molar-refractivity contribution in [2.75, 3.05) is 26.2 Å². The van der Waals surface area contributed by atoms with Crippen LogP contribution < -0.4 is 0 Å². The van der Waals surface area contributed by atoms with Crippen LogP contribution in [0.4, 0.5) is 4.39 Å². The summed E-state index contributed by atoms with van der Waals surface area (Å²) in [5.41, 5.74) is 0.389. The molecular weight excluding hydrogens is 369 g/mol. The molecule has 0 bridgehead atoms. The van der Waals surface area contributed by atoms with Crippen LogP contribution in [0.5, 0.6) is 0 Å². The Kier molecular flexibility index (Phi) is 5.97. The highest BCUT2D eigenvalue weighted by atomic mass is 19.1. The van der Waals surface area contributed by atoms with Crippen molar-refractivity contribution in [3.63, 3.8) is 0 Å². The van der Waals surface area contributed by atoms with Crippen molar-refractivity contribution in [1.82, 2.24) is 24.8 Å². The number of halogens is 1. The van der Waals surface area contributed by atoms with Gasteiger partial charge in [-0.1, -0.05) is 17.3 Å². The maximum atomic E-state index is 13.3. The molecule has 0 atom stereocenters. The van der Waals surface area contributed by atoms with Crippen molar-refractivity contribution in [3.05, 3.63) is 47.5 Å². The van der Waals surface area contributed by atoms with Crippen LogP contribution in [0.1, 0.15) is 22.5 Å². The molecule has 1 N–H and O–H groups in total. The third-order valence-corrected chi connectivity index (χ3v) is 4.50. The Labute approximate surface area is 160 Å². The zero-order valence-corrected chi connectivity index (χ0v) is 15.1. The lowest BCUT2D eigenvalue weighted by Crippen LogP contribution is -2.39. The summed E-state index contributed by atoms with van der Waals surface area (Å²) in [7, 11) is 0. The van der Waals surface area contributed by atoms with Crippen LogP contribution in [0.15, 0.2) is 30.5 Å². The summed E-state index contributed by atoms with van der Waals surface area (Å²) in [5.74, 6) is -1.92. The van der Waals surface area contributed by atoms with Crippen LogP contribution in [-0.4, -0.2) is 73.9 Å². The van der Waals surface area contributed by atoms with Gasteiger partial charge in [-0.05, 0) is 24.1 Å². The summed E-state index contributed by atoms with van der Waals surface area (Å²) < 4.78 is 14.5. The second kappa shape index (κ2) is 8.59. The number of hydrogen-bond acceptors (Lipinski definition) is 5. The van der Waals surface area contributed by atoms with Crippen molar-refractivity contribution in [2.45, 2.75) is 19.4 Å². The van der Waals surface area contributed by atoms with Gasteiger partial charge in [-0.25, -0.2) is 13.9 Å². The molecule has 1 aliphatic rings. The summed E-state index contributed by atoms with van der Waals surface area (Å²) >= 11 is 0. The molecule has 0 spiro atoms. The van der Waals surface area contributed by atoms with Gasteiger partial charge in [0.15, 0.2) is 5.69 Å². The van der Waals surface area contributed by atoms with Gasteiger partial charge in [0.05, 0.1) is 12.6 Å². The minimum absolute atomic E-state index is 0.109. The number of amides is 2. The molecule has 2 amide bonds. The Morgan fingerprint density at radius 2 is 1.79 bits per heavy atom. The zero-order valence-electron chi connectivity index (χ0n) is 15.1. The number of aromatic nitrogens is 3. The molecule has 1 fully saturated rings. The van der Waals surface area contributed by atoms with Gasteiger partial charge in [-0.3, -0.25) is 9.59 Å². The molecule has 1 aromatic heterocycles. The first kappa shape index (κ1) is 19.5. The highest BCUT2D eigenvalue weighted by Gasteiger charge is 2.23. The normalized spacial score (nSPS) is 14.6. The van der Waals surface area contributed by atoms with Gasteiger partial charge in [-0.2, -0.15) is 0 Å². The van der Waals surface area contributed by atoms with Crippen LogP contribution >= 0.6 is 0 Å². The molecule has 0 unspecified atom stereocenters. The third kappa shape index (κ3) is 4.90. The predicted molar refractivity (Wildman–Crippen MR) is 94.9 cm³/mol. The highest BCUT2D eigenvalue weighted by molar-refractivity contribution is 5.85. The topological polar surface area (TPSA) is 109 Å². The van der Waals surface area contributed by atoms with Gasteiger partial charge in [0.25, 0.3) is 0 Å². The minimum atomic E-state index is -1.21. The first-order chi connectivity index (χ1) is 13.4. The monoisotopic (exact) mass is 389 g/mol. The van der Waals surface area contributed by atoms with E-state index < -0.39 is 5.97 Å². The average molecular weight is 389 g/mol. The number of rotatable bonds is 5. The van der Waals surface area contributed by atoms with Crippen molar-refractivity contribution in [3.8, 4) is 0 Å². The number of nitrogens with zero attached hydrogens (tertiary/aromatic N) is 5. The molecule has 9 nitrogen and oxygen atoms in total. The zero-order chi connectivity index (χ0) is 20.1. The number of aromatic carboxylic acids is 1. The lowest BCUT2D eigenvalue weighted by atomic mass is 10.1. The molecule has 0 saturated carbocycles. The van der Waals surface area contributed by atoms with Crippen LogP contribution in [0, 0.1) is 5.82 Å². The average Bonchev–Trinajstić information content (AvgIpc) is 2.97. The van der Waals surface area contributed by atoms with E-state index in [9.17, 15) is 18.8 Å². The highest BCUT2D eigenvalue weighted by Crippen LogP contribution is 2.10. The predicted octanol–water partition coefficient (Wildman–Crippen LogP) is 0.419. The summed E-state index contributed by atoms with van der Waals surface area (Å²) in [6.07, 6.45) is 1.94. The lowest BCUT2D eigenvalue weighted by molar-refractivity contribution is -0.133. The van der Waals surface area contributed by atoms with Gasteiger partial charge >= 0.3 is 5.97 Å². The van der Waals surface area contributed by atoms with Crippen molar-refractivity contribution in [1.29, 1.82) is 0 Å². The molecule has 0 radical (unpaired) electrons. The number of carbonyl (C=O) groups is 3. The van der Waals surface area contributed by atoms with Crippen molar-refractivity contribution >= 4 is 17.8 Å². The van der Waals surface area contributed by atoms with Gasteiger partial charge in [0, 0.05) is 26.2 Å². The molecule has 3 rings (SSSR count). The molecule has 148 valence electrons. The number of carboxylic acid groups (broad SMARTS) is 1. The first-order valence-corrected chi connectivity index (χ1v) is 8.86. The smallest absolute Gasteiger partial charge is 0.358 e. The van der Waals surface area contributed by atoms with Crippen LogP contribution in [0.3, 0.4) is 0 Å². The second-order valence-corrected chi connectivity index (χ2v) is 6.53. The number of carbonyl (C=O) groups excluding carboxylic acids is 2. The summed E-state index contributed by atoms with van der Waals surface area (Å²) in [6, 6.07) is 5.95. The summed E-state index contributed by atoms with van der Waals surface area (Å²) in [5, 5.41) is 16.0. The molecule has 0 aliphatic carbocycles. The fourth-order valence-corrected chi connectivity index (χ4v) is 3.06. The van der Waals surface area contributed by atoms with E-state index in [2.05, 4.69) is 10.3 Å². The fraction of sp³-hybridized carbons (Fsp3) is 0.389. The Bertz CT molecular complexity index is 884. The fourth-order valence-electron chi connectivity index (χ4n) is 3.06. The number of carboxylic acids is 1. The molecular formula is C18H20FN5O4. The Morgan fingerprint density at radius 1 is 1.07 bits per heavy atom. The lowest BCUT2D eigenvalue weighted by Gasteiger charge is -2.22. The molecule has 1 aliphatic heterocycles. The van der Waals surface area contributed by atoms with Gasteiger partial charge in [0.1, 0.15) is 12.4 Å². The molecule has 10 heteroatoms. The minimum Gasteiger partial charge on any atom is -0.476 e. The van der Waals surface area contributed by atoms with Crippen molar-refractivity contribution < 1.29 is 23.9 Å². The Hall–Kier alpha value is -3.30. The standard InChI is InChI=1S/C18H20FN5O4/c19-14-4-1-3-13(9-14)10-16(25)22-5-2-6-23(8-7-22)17(26)12-24-11-15(18(27)28)20-21-24/h1,3-4,9,11H,2,5-8,10,12H2,(H,27,28). The molecule has 1 saturated heterocycles. The maximum Gasteiger partial charge on any atom is 0.358 e. The van der Waals surface area contributed by atoms with E-state index >= 15 is 0 Å². The van der Waals surface area contributed by atoms with Gasteiger partial charge in [-0.15, -0.1) is 5.10 Å². The van der Waals surface area contributed by atoms with Crippen LogP contribution in [0.2, 0.25) is 0 Å². The Balaban J connectivity index is 1.54. The number of hydrogen-bond donors (Lipinski definition) is 1. The third-order valence-electron chi connectivity index (χ3n) is 4.50. The Morgan fingerprint density at radius 3 is 2.43 bits per heavy atom. The molecule has 2 aromatic rings. The molecule has 2 heterocycles. The van der Waals surface area contributed by atoms with E-state index in [1.807, 2.05) is 0 Å². The van der Waals surface area contributed by atoms with E-state index in [-0.39, 0.29) is 36.3 Å². The maximum absolute atomic E-state index is 13.3.